The largest absolute Gasteiger partial charge is 0.497 e. The number of carbonyl (C=O) groups is 2. The summed E-state index contributed by atoms with van der Waals surface area (Å²) in [5, 5.41) is 11.0. The highest BCUT2D eigenvalue weighted by atomic mass is 35.5. The van der Waals surface area contributed by atoms with E-state index in [9.17, 15) is 18.3 Å². The fraction of sp³-hybridized carbons (Fsp3) is 0.310. The predicted molar refractivity (Wildman–Crippen MR) is 163 cm³/mol. The van der Waals surface area contributed by atoms with Gasteiger partial charge in [0.1, 0.15) is 16.4 Å². The van der Waals surface area contributed by atoms with Crippen molar-refractivity contribution in [2.45, 2.75) is 29.0 Å². The van der Waals surface area contributed by atoms with Crippen molar-refractivity contribution in [3.05, 3.63) is 80.8 Å². The van der Waals surface area contributed by atoms with Gasteiger partial charge < -0.3 is 19.5 Å². The van der Waals surface area contributed by atoms with Crippen LogP contribution in [0.1, 0.15) is 17.5 Å². The number of anilines is 1. The van der Waals surface area contributed by atoms with Crippen LogP contribution in [-0.4, -0.2) is 82.1 Å². The molecule has 2 aliphatic rings. The molecule has 2 heterocycles. The Morgan fingerprint density at radius 2 is 1.65 bits per heavy atom. The van der Waals surface area contributed by atoms with Gasteiger partial charge in [-0.2, -0.15) is 0 Å². The molecule has 0 bridgehead atoms. The number of nitrogens with zero attached hydrogens (tertiary/aromatic N) is 3. The van der Waals surface area contributed by atoms with Crippen molar-refractivity contribution in [1.29, 1.82) is 0 Å². The van der Waals surface area contributed by atoms with Crippen molar-refractivity contribution in [3.63, 3.8) is 0 Å². The second-order valence-corrected chi connectivity index (χ2v) is 13.3. The van der Waals surface area contributed by atoms with Crippen LogP contribution in [0.3, 0.4) is 0 Å². The number of aliphatic hydroxyl groups is 1. The summed E-state index contributed by atoms with van der Waals surface area (Å²) in [7, 11) is 1.11. The number of methoxy groups -OCH3 is 2. The molecule has 3 atom stereocenters. The number of aliphatic hydroxyl groups excluding tert-OH is 1. The van der Waals surface area contributed by atoms with Crippen LogP contribution in [0.25, 0.3) is 0 Å². The maximum absolute atomic E-state index is 15.1. The molecule has 2 amide bonds. The summed E-state index contributed by atoms with van der Waals surface area (Å²) in [6.07, 6.45) is -1.02. The second-order valence-electron chi connectivity index (χ2n) is 10.4. The van der Waals surface area contributed by atoms with E-state index in [1.54, 1.807) is 38.4 Å². The molecule has 3 aromatic rings. The number of likely N-dealkylation sites (N-methyl/N-ethyl adjacent to an activating group) is 1. The third-order valence-corrected chi connectivity index (χ3v) is 10.5. The van der Waals surface area contributed by atoms with Gasteiger partial charge in [0.15, 0.2) is 5.54 Å². The van der Waals surface area contributed by atoms with Gasteiger partial charge in [-0.05, 0) is 36.8 Å². The minimum atomic E-state index is -4.71. The summed E-state index contributed by atoms with van der Waals surface area (Å²) in [6.45, 7) is -0.152. The summed E-state index contributed by atoms with van der Waals surface area (Å²) in [5.41, 5.74) is -1.77. The number of halogens is 3. The van der Waals surface area contributed by atoms with Crippen LogP contribution in [-0.2, 0) is 25.2 Å². The molecule has 2 aliphatic heterocycles. The molecular formula is C29H28Cl3N3O7S. The van der Waals surface area contributed by atoms with Gasteiger partial charge in [-0.25, -0.2) is 12.7 Å². The smallest absolute Gasteiger partial charge is 0.274 e. The molecule has 1 N–H and O–H groups in total. The van der Waals surface area contributed by atoms with Crippen LogP contribution in [0.4, 0.5) is 5.69 Å². The molecule has 228 valence electrons. The lowest BCUT2D eigenvalue weighted by Crippen LogP contribution is -2.59. The van der Waals surface area contributed by atoms with Crippen molar-refractivity contribution in [1.82, 2.24) is 9.80 Å². The first-order valence-corrected chi connectivity index (χ1v) is 15.6. The average Bonchev–Trinajstić information content (AvgIpc) is 3.47. The van der Waals surface area contributed by atoms with E-state index in [4.69, 9.17) is 44.3 Å². The van der Waals surface area contributed by atoms with Crippen molar-refractivity contribution < 1.29 is 32.6 Å². The quantitative estimate of drug-likeness (QED) is 0.399. The number of rotatable bonds is 7. The molecule has 0 radical (unpaired) electrons. The molecule has 43 heavy (non-hydrogen) atoms. The maximum atomic E-state index is 15.1. The van der Waals surface area contributed by atoms with Crippen LogP contribution in [0.15, 0.2) is 59.5 Å². The van der Waals surface area contributed by atoms with Gasteiger partial charge in [0.05, 0.1) is 42.1 Å². The highest BCUT2D eigenvalue weighted by Gasteiger charge is 2.64. The second kappa shape index (κ2) is 11.5. The van der Waals surface area contributed by atoms with E-state index in [0.717, 1.165) is 0 Å². The number of ether oxygens (including phenoxy) is 2. The molecule has 0 unspecified atom stereocenters. The minimum Gasteiger partial charge on any atom is -0.497 e. The van der Waals surface area contributed by atoms with Crippen LogP contribution in [0.5, 0.6) is 11.5 Å². The first-order valence-electron chi connectivity index (χ1n) is 13.0. The molecule has 0 saturated carbocycles. The van der Waals surface area contributed by atoms with E-state index >= 15 is 4.79 Å². The number of β-amino-alcohol motifs (C(OH)–C–C–N with tert-alkyl or cyclic N) is 1. The first-order chi connectivity index (χ1) is 20.3. The summed E-state index contributed by atoms with van der Waals surface area (Å²) < 4.78 is 40.3. The van der Waals surface area contributed by atoms with Crippen LogP contribution in [0.2, 0.25) is 15.1 Å². The van der Waals surface area contributed by atoms with E-state index in [1.807, 2.05) is 0 Å². The number of hydrogen-bond acceptors (Lipinski definition) is 8. The molecule has 5 rings (SSSR count). The fourth-order valence-corrected chi connectivity index (χ4v) is 8.04. The zero-order chi connectivity index (χ0) is 31.4. The van der Waals surface area contributed by atoms with Gasteiger partial charge in [0.25, 0.3) is 15.9 Å². The number of hydrogen-bond donors (Lipinski definition) is 1. The summed E-state index contributed by atoms with van der Waals surface area (Å²) in [6, 6.07) is 12.2. The van der Waals surface area contributed by atoms with Crippen molar-refractivity contribution in [3.8, 4) is 11.5 Å². The first kappa shape index (κ1) is 31.4. The lowest BCUT2D eigenvalue weighted by Gasteiger charge is -2.42. The van der Waals surface area contributed by atoms with Gasteiger partial charge in [0, 0.05) is 42.9 Å². The molecule has 10 nitrogen and oxygen atoms in total. The van der Waals surface area contributed by atoms with Crippen molar-refractivity contribution in [2.24, 2.45) is 0 Å². The highest BCUT2D eigenvalue weighted by molar-refractivity contribution is 7.93. The average molecular weight is 669 g/mol. The topological polar surface area (TPSA) is 117 Å². The summed E-state index contributed by atoms with van der Waals surface area (Å²) >= 11 is 19.7. The Bertz CT molecular complexity index is 1740. The monoisotopic (exact) mass is 667 g/mol. The lowest BCUT2D eigenvalue weighted by molar-refractivity contribution is -0.138. The number of fused-ring (bicyclic) bond motifs is 1. The molecule has 3 aromatic carbocycles. The molecular weight excluding hydrogens is 641 g/mol. The van der Waals surface area contributed by atoms with Crippen molar-refractivity contribution in [2.75, 3.05) is 39.2 Å². The standard InChI is InChI=1S/C29H28Cl3N3O7S/c1-33(2)27(37)24-11-16(36)15-34(24)29(18-7-5-6-8-20(18)30)19-13-21(31)22(32)14-23(19)35(28(29)38)43(39,40)26-10-9-17(41-3)12-25(26)42-4/h5-10,12-14,16,24,36H,11,15H2,1-4H3/t16-,24+,29+/m1/s1. The van der Waals surface area contributed by atoms with Gasteiger partial charge in [0.2, 0.25) is 5.91 Å². The molecule has 14 heteroatoms. The summed E-state index contributed by atoms with van der Waals surface area (Å²) in [4.78, 5) is 31.2. The SMILES string of the molecule is COc1ccc(S(=O)(=O)N2C(=O)[C@@](c3ccccc3Cl)(N3C[C@H](O)C[C@H]3C(=O)N(C)C)c3cc(Cl)c(Cl)cc32)c(OC)c1. The third-order valence-electron chi connectivity index (χ3n) is 7.73. The Labute approximate surface area is 264 Å². The van der Waals surface area contributed by atoms with Crippen LogP contribution >= 0.6 is 34.8 Å². The molecule has 1 saturated heterocycles. The molecule has 1 fully saturated rings. The Morgan fingerprint density at radius 1 is 0.977 bits per heavy atom. The summed E-state index contributed by atoms with van der Waals surface area (Å²) in [5.74, 6) is -1.09. The molecule has 0 aliphatic carbocycles. The van der Waals surface area contributed by atoms with Crippen molar-refractivity contribution >= 4 is 62.3 Å². The number of benzene rings is 3. The predicted octanol–water partition coefficient (Wildman–Crippen LogP) is 4.17. The Kier molecular flexibility index (Phi) is 8.36. The number of amides is 2. The van der Waals surface area contributed by atoms with E-state index < -0.39 is 39.5 Å². The zero-order valence-corrected chi connectivity index (χ0v) is 26.6. The lowest BCUT2D eigenvalue weighted by atomic mass is 9.81. The number of likely N-dealkylation sites (tertiary alicyclic amines) is 1. The Hall–Kier alpha value is -3.06. The fourth-order valence-electron chi connectivity index (χ4n) is 5.85. The Morgan fingerprint density at radius 3 is 2.28 bits per heavy atom. The van der Waals surface area contributed by atoms with Crippen LogP contribution < -0.4 is 13.8 Å². The minimum absolute atomic E-state index is 0.00699. The number of carbonyl (C=O) groups excluding carboxylic acids is 2. The zero-order valence-electron chi connectivity index (χ0n) is 23.5. The van der Waals surface area contributed by atoms with E-state index in [-0.39, 0.29) is 55.5 Å². The van der Waals surface area contributed by atoms with E-state index in [0.29, 0.717) is 10.1 Å². The normalized spacial score (nSPS) is 22.0. The van der Waals surface area contributed by atoms with Gasteiger partial charge in [-0.1, -0.05) is 53.0 Å². The van der Waals surface area contributed by atoms with E-state index in [1.165, 1.54) is 54.4 Å². The van der Waals surface area contributed by atoms with Crippen LogP contribution in [0, 0.1) is 0 Å². The third kappa shape index (κ3) is 4.83. The van der Waals surface area contributed by atoms with Gasteiger partial charge in [-0.15, -0.1) is 0 Å². The van der Waals surface area contributed by atoms with E-state index in [2.05, 4.69) is 0 Å². The highest BCUT2D eigenvalue weighted by Crippen LogP contribution is 2.55. The van der Waals surface area contributed by atoms with Gasteiger partial charge in [-0.3, -0.25) is 14.5 Å². The molecule has 0 spiro atoms. The number of sulfonamides is 1. The Balaban J connectivity index is 1.88. The molecule has 0 aromatic heterocycles. The van der Waals surface area contributed by atoms with Gasteiger partial charge >= 0.3 is 0 Å². The maximum Gasteiger partial charge on any atom is 0.274 e.